The Kier molecular flexibility index (Phi) is 5.06. The minimum Gasteiger partial charge on any atom is -0.383 e. The van der Waals surface area contributed by atoms with Crippen molar-refractivity contribution in [3.63, 3.8) is 0 Å². The van der Waals surface area contributed by atoms with Crippen molar-refractivity contribution in [2.24, 2.45) is 5.92 Å². The molecule has 4 rings (SSSR count). The molecule has 7 heteroatoms. The number of nitrogens with zero attached hydrogens (tertiary/aromatic N) is 3. The lowest BCUT2D eigenvalue weighted by molar-refractivity contribution is -0.115. The van der Waals surface area contributed by atoms with Crippen LogP contribution in [0.3, 0.4) is 0 Å². The molecular weight excluding hydrogens is 376 g/mol. The van der Waals surface area contributed by atoms with Crippen LogP contribution in [0.1, 0.15) is 23.8 Å². The van der Waals surface area contributed by atoms with Gasteiger partial charge in [-0.05, 0) is 42.9 Å². The molecule has 1 aliphatic carbocycles. The summed E-state index contributed by atoms with van der Waals surface area (Å²) < 4.78 is 0. The average molecular weight is 399 g/mol. The minimum absolute atomic E-state index is 0.00719. The smallest absolute Gasteiger partial charge is 0.237 e. The molecule has 5 nitrogen and oxygen atoms in total. The van der Waals surface area contributed by atoms with Crippen LogP contribution in [0, 0.1) is 5.92 Å². The molecule has 2 heterocycles. The van der Waals surface area contributed by atoms with Gasteiger partial charge in [-0.25, -0.2) is 9.97 Å². The fourth-order valence-electron chi connectivity index (χ4n) is 3.43. The molecule has 3 aromatic rings. The summed E-state index contributed by atoms with van der Waals surface area (Å²) in [5.41, 5.74) is 8.47. The van der Waals surface area contributed by atoms with Crippen LogP contribution < -0.4 is 10.6 Å². The number of thioether (sulfide) groups is 1. The quantitative estimate of drug-likeness (QED) is 0.528. The van der Waals surface area contributed by atoms with Crippen molar-refractivity contribution in [3.8, 4) is 0 Å². The number of amides is 1. The van der Waals surface area contributed by atoms with Crippen LogP contribution in [0.5, 0.6) is 0 Å². The van der Waals surface area contributed by atoms with Crippen molar-refractivity contribution >= 4 is 50.7 Å². The van der Waals surface area contributed by atoms with Gasteiger partial charge in [-0.2, -0.15) is 0 Å². The summed E-state index contributed by atoms with van der Waals surface area (Å²) in [6, 6.07) is 9.61. The summed E-state index contributed by atoms with van der Waals surface area (Å²) in [7, 11) is 1.78. The van der Waals surface area contributed by atoms with Crippen molar-refractivity contribution in [3.05, 3.63) is 40.8 Å². The normalized spacial score (nSPS) is 16.3. The number of para-hydroxylation sites is 1. The Morgan fingerprint density at radius 1 is 1.33 bits per heavy atom. The molecule has 0 fully saturated rings. The third kappa shape index (κ3) is 3.66. The van der Waals surface area contributed by atoms with Crippen LogP contribution in [0.2, 0.25) is 0 Å². The van der Waals surface area contributed by atoms with E-state index in [1.807, 2.05) is 30.3 Å². The number of hydrogen-bond donors (Lipinski definition) is 1. The maximum Gasteiger partial charge on any atom is 0.237 e. The van der Waals surface area contributed by atoms with Gasteiger partial charge in [0.2, 0.25) is 5.91 Å². The molecule has 1 aliphatic rings. The van der Waals surface area contributed by atoms with Crippen LogP contribution in [-0.4, -0.2) is 28.7 Å². The van der Waals surface area contributed by atoms with Crippen molar-refractivity contribution in [1.29, 1.82) is 0 Å². The Morgan fingerprint density at radius 3 is 2.89 bits per heavy atom. The van der Waals surface area contributed by atoms with Gasteiger partial charge in [0.1, 0.15) is 10.6 Å². The van der Waals surface area contributed by atoms with Gasteiger partial charge in [0.05, 0.1) is 11.1 Å². The first kappa shape index (κ1) is 18.3. The van der Waals surface area contributed by atoms with E-state index >= 15 is 0 Å². The van der Waals surface area contributed by atoms with E-state index in [0.29, 0.717) is 16.9 Å². The molecule has 1 aromatic carbocycles. The zero-order chi connectivity index (χ0) is 19.0. The molecule has 2 N–H and O–H groups in total. The summed E-state index contributed by atoms with van der Waals surface area (Å²) in [6.45, 7) is 2.29. The van der Waals surface area contributed by atoms with Crippen molar-refractivity contribution < 1.29 is 4.79 Å². The van der Waals surface area contributed by atoms with Gasteiger partial charge < -0.3 is 10.6 Å². The lowest BCUT2D eigenvalue weighted by Crippen LogP contribution is -2.27. The summed E-state index contributed by atoms with van der Waals surface area (Å²) >= 11 is 3.07. The number of carbonyl (C=O) groups is 1. The maximum atomic E-state index is 12.5. The van der Waals surface area contributed by atoms with Crippen molar-refractivity contribution in [1.82, 2.24) is 9.97 Å². The predicted molar refractivity (Wildman–Crippen MR) is 114 cm³/mol. The molecule has 27 heavy (non-hydrogen) atoms. The fraction of sp³-hybridized carbons (Fsp3) is 0.350. The second-order valence-corrected chi connectivity index (χ2v) is 9.03. The minimum atomic E-state index is 0.00719. The number of carbonyl (C=O) groups excluding carboxylic acids is 1. The summed E-state index contributed by atoms with van der Waals surface area (Å²) in [5, 5.41) is 1.60. The van der Waals surface area contributed by atoms with Gasteiger partial charge >= 0.3 is 0 Å². The molecule has 1 unspecified atom stereocenters. The molecule has 0 saturated heterocycles. The highest BCUT2D eigenvalue weighted by Crippen LogP contribution is 2.39. The topological polar surface area (TPSA) is 72.1 Å². The SMILES string of the molecule is CC1CCc2c(sc3nc(SCC(=O)N(C)c4ccccc4)nc(N)c23)C1. The van der Waals surface area contributed by atoms with Crippen LogP contribution >= 0.6 is 23.1 Å². The number of hydrogen-bond acceptors (Lipinski definition) is 6. The number of benzene rings is 1. The van der Waals surface area contributed by atoms with Gasteiger partial charge in [0.15, 0.2) is 5.16 Å². The molecule has 0 saturated carbocycles. The molecule has 140 valence electrons. The van der Waals surface area contributed by atoms with E-state index < -0.39 is 0 Å². The summed E-state index contributed by atoms with van der Waals surface area (Å²) in [6.07, 6.45) is 3.34. The number of aryl methyl sites for hydroxylation is 1. The van der Waals surface area contributed by atoms with Crippen LogP contribution in [0.4, 0.5) is 11.5 Å². The van der Waals surface area contributed by atoms with E-state index in [4.69, 9.17) is 5.73 Å². The first-order chi connectivity index (χ1) is 13.0. The molecule has 2 aromatic heterocycles. The Labute approximate surface area is 167 Å². The lowest BCUT2D eigenvalue weighted by Gasteiger charge is -2.18. The first-order valence-electron chi connectivity index (χ1n) is 9.05. The lowest BCUT2D eigenvalue weighted by atomic mass is 9.89. The molecular formula is C20H22N4OS2. The van der Waals surface area contributed by atoms with E-state index in [1.165, 1.54) is 28.6 Å². The molecule has 0 radical (unpaired) electrons. The zero-order valence-electron chi connectivity index (χ0n) is 15.4. The van der Waals surface area contributed by atoms with Crippen LogP contribution in [0.15, 0.2) is 35.5 Å². The predicted octanol–water partition coefficient (Wildman–Crippen LogP) is 4.15. The van der Waals surface area contributed by atoms with E-state index in [9.17, 15) is 4.79 Å². The fourth-order valence-corrected chi connectivity index (χ4v) is 5.65. The Hall–Kier alpha value is -2.12. The molecule has 0 spiro atoms. The van der Waals surface area contributed by atoms with Crippen molar-refractivity contribution in [2.75, 3.05) is 23.4 Å². The largest absolute Gasteiger partial charge is 0.383 e. The number of fused-ring (bicyclic) bond motifs is 3. The number of nitrogen functional groups attached to an aromatic ring is 1. The van der Waals surface area contributed by atoms with E-state index in [-0.39, 0.29) is 11.7 Å². The third-order valence-electron chi connectivity index (χ3n) is 5.00. The Morgan fingerprint density at radius 2 is 2.11 bits per heavy atom. The number of thiophene rings is 1. The number of anilines is 2. The molecule has 1 atom stereocenters. The van der Waals surface area contributed by atoms with E-state index in [1.54, 1.807) is 23.3 Å². The third-order valence-corrected chi connectivity index (χ3v) is 6.99. The van der Waals surface area contributed by atoms with Crippen molar-refractivity contribution in [2.45, 2.75) is 31.3 Å². The molecule has 0 bridgehead atoms. The van der Waals surface area contributed by atoms with Gasteiger partial charge in [-0.15, -0.1) is 11.3 Å². The second kappa shape index (κ2) is 7.48. The zero-order valence-corrected chi connectivity index (χ0v) is 17.1. The van der Waals surface area contributed by atoms with Gasteiger partial charge in [0, 0.05) is 17.6 Å². The Balaban J connectivity index is 1.52. The summed E-state index contributed by atoms with van der Waals surface area (Å²) in [5.74, 6) is 1.53. The monoisotopic (exact) mass is 398 g/mol. The highest BCUT2D eigenvalue weighted by molar-refractivity contribution is 7.99. The van der Waals surface area contributed by atoms with Gasteiger partial charge in [-0.1, -0.05) is 36.9 Å². The van der Waals surface area contributed by atoms with Crippen LogP contribution in [0.25, 0.3) is 10.2 Å². The van der Waals surface area contributed by atoms with Gasteiger partial charge in [0.25, 0.3) is 0 Å². The number of nitrogens with two attached hydrogens (primary N) is 1. The summed E-state index contributed by atoms with van der Waals surface area (Å²) in [4.78, 5) is 25.6. The highest BCUT2D eigenvalue weighted by Gasteiger charge is 2.23. The van der Waals surface area contributed by atoms with E-state index in [0.717, 1.165) is 28.7 Å². The van der Waals surface area contributed by atoms with E-state index in [2.05, 4.69) is 16.9 Å². The Bertz CT molecular complexity index is 987. The number of aromatic nitrogens is 2. The standard InChI is InChI=1S/C20H22N4OS2/c1-12-8-9-14-15(10-12)27-19-17(14)18(21)22-20(23-19)26-11-16(25)24(2)13-6-4-3-5-7-13/h3-7,12H,8-11H2,1-2H3,(H2,21,22,23). The average Bonchev–Trinajstić information content (AvgIpc) is 3.03. The highest BCUT2D eigenvalue weighted by atomic mass is 32.2. The van der Waals surface area contributed by atoms with Crippen LogP contribution in [-0.2, 0) is 17.6 Å². The maximum absolute atomic E-state index is 12.5. The molecule has 1 amide bonds. The number of rotatable bonds is 4. The second-order valence-electron chi connectivity index (χ2n) is 7.00. The first-order valence-corrected chi connectivity index (χ1v) is 10.8. The van der Waals surface area contributed by atoms with Gasteiger partial charge in [-0.3, -0.25) is 4.79 Å². The molecule has 0 aliphatic heterocycles.